The van der Waals surface area contributed by atoms with Crippen LogP contribution in [0.2, 0.25) is 0 Å². The molecule has 0 bridgehead atoms. The molecule has 78 valence electrons. The lowest BCUT2D eigenvalue weighted by atomic mass is 10.4. The van der Waals surface area contributed by atoms with E-state index in [1.807, 2.05) is 27.7 Å². The van der Waals surface area contributed by atoms with Crippen LogP contribution in [0.1, 0.15) is 34.6 Å². The van der Waals surface area contributed by atoms with Gasteiger partial charge >= 0.3 is 0 Å². The van der Waals surface area contributed by atoms with Crippen LogP contribution in [-0.4, -0.2) is 29.8 Å². The normalized spacial score (nSPS) is 6.62. The van der Waals surface area contributed by atoms with Crippen LogP contribution >= 0.6 is 0 Å². The fraction of sp³-hybridized carbons (Fsp3) is 0.667. The molecular weight excluding hydrogens is 164 g/mol. The Labute approximate surface area is 81.5 Å². The van der Waals surface area contributed by atoms with Crippen LogP contribution in [0.5, 0.6) is 0 Å². The Morgan fingerprint density at radius 3 is 1.46 bits per heavy atom. The van der Waals surface area contributed by atoms with Gasteiger partial charge in [0, 0.05) is 7.05 Å². The molecule has 0 saturated carbocycles. The van der Waals surface area contributed by atoms with Gasteiger partial charge in [0.1, 0.15) is 5.84 Å². The maximum absolute atomic E-state index is 7.10. The van der Waals surface area contributed by atoms with Crippen molar-refractivity contribution in [3.63, 3.8) is 0 Å². The van der Waals surface area contributed by atoms with E-state index in [9.17, 15) is 0 Å². The molecule has 0 aliphatic heterocycles. The van der Waals surface area contributed by atoms with Crippen molar-refractivity contribution in [1.82, 2.24) is 4.90 Å². The quantitative estimate of drug-likeness (QED) is 0.450. The summed E-state index contributed by atoms with van der Waals surface area (Å²) in [5.74, 6) is 0.0602. The summed E-state index contributed by atoms with van der Waals surface area (Å²) >= 11 is 0. The zero-order valence-electron chi connectivity index (χ0n) is 9.52. The number of rotatable bonds is 2. The van der Waals surface area contributed by atoms with E-state index in [-0.39, 0.29) is 11.5 Å². The molecule has 0 aromatic heterocycles. The van der Waals surface area contributed by atoms with Crippen molar-refractivity contribution in [2.75, 3.05) is 7.05 Å². The fourth-order valence-electron chi connectivity index (χ4n) is 0.329. The van der Waals surface area contributed by atoms with Crippen molar-refractivity contribution in [3.05, 3.63) is 0 Å². The van der Waals surface area contributed by atoms with Gasteiger partial charge in [0.2, 0.25) is 0 Å². The molecule has 0 spiro atoms. The van der Waals surface area contributed by atoms with E-state index in [1.54, 1.807) is 7.05 Å². The predicted octanol–water partition coefficient (Wildman–Crippen LogP) is 2.59. The Bertz CT molecular complexity index is 152. The summed E-state index contributed by atoms with van der Waals surface area (Å²) < 4.78 is 0. The minimum Gasteiger partial charge on any atom is -0.320 e. The molecule has 0 aliphatic rings. The van der Waals surface area contributed by atoms with Gasteiger partial charge in [-0.15, -0.1) is 0 Å². The number of amidine groups is 1. The third-order valence-corrected chi connectivity index (χ3v) is 0.902. The highest BCUT2D eigenvalue weighted by atomic mass is 15.1. The van der Waals surface area contributed by atoms with E-state index in [0.29, 0.717) is 0 Å². The van der Waals surface area contributed by atoms with Crippen LogP contribution in [0.3, 0.4) is 0 Å². The first kappa shape index (κ1) is 17.8. The summed E-state index contributed by atoms with van der Waals surface area (Å²) in [6, 6.07) is 0. The van der Waals surface area contributed by atoms with E-state index >= 15 is 0 Å². The molecule has 0 atom stereocenters. The monoisotopic (exact) mass is 186 g/mol. The highest BCUT2D eigenvalue weighted by molar-refractivity contribution is 6.39. The Morgan fingerprint density at radius 1 is 1.08 bits per heavy atom. The van der Waals surface area contributed by atoms with Crippen molar-refractivity contribution in [2.45, 2.75) is 34.6 Å². The molecule has 0 aliphatic carbocycles. The van der Waals surface area contributed by atoms with E-state index in [2.05, 4.69) is 0 Å². The van der Waals surface area contributed by atoms with Crippen molar-refractivity contribution in [2.24, 2.45) is 0 Å². The molecule has 0 saturated heterocycles. The standard InChI is InChI=1S/C5H10N4.2C2H6/c1-4(7)5(8)9(2)3-6;2*1-2/h3,6-8H,1-2H3;2*1-2H3. The average Bonchev–Trinajstić information content (AvgIpc) is 2.21. The van der Waals surface area contributed by atoms with Gasteiger partial charge in [-0.1, -0.05) is 27.7 Å². The number of nitrogens with zero attached hydrogens (tertiary/aromatic N) is 1. The lowest BCUT2D eigenvalue weighted by molar-refractivity contribution is 0.773. The van der Waals surface area contributed by atoms with Crippen molar-refractivity contribution in [1.29, 1.82) is 16.2 Å². The van der Waals surface area contributed by atoms with Gasteiger partial charge in [0.25, 0.3) is 0 Å². The van der Waals surface area contributed by atoms with Crippen LogP contribution in [-0.2, 0) is 0 Å². The molecule has 0 rings (SSSR count). The average molecular weight is 186 g/mol. The summed E-state index contributed by atoms with van der Waals surface area (Å²) in [4.78, 5) is 1.27. The molecular formula is C9H22N4. The molecule has 0 heterocycles. The van der Waals surface area contributed by atoms with E-state index in [0.717, 1.165) is 6.34 Å². The van der Waals surface area contributed by atoms with Gasteiger partial charge in [0.05, 0.1) is 12.1 Å². The van der Waals surface area contributed by atoms with Crippen LogP contribution in [0.25, 0.3) is 0 Å². The molecule has 3 N–H and O–H groups in total. The van der Waals surface area contributed by atoms with Gasteiger partial charge in [-0.05, 0) is 6.92 Å². The summed E-state index contributed by atoms with van der Waals surface area (Å²) in [5.41, 5.74) is 0.168. The summed E-state index contributed by atoms with van der Waals surface area (Å²) in [5, 5.41) is 20.8. The smallest absolute Gasteiger partial charge is 0.146 e. The second-order valence-electron chi connectivity index (χ2n) is 1.71. The zero-order valence-corrected chi connectivity index (χ0v) is 9.52. The Balaban J connectivity index is -0.000000218. The Kier molecular flexibility index (Phi) is 18.3. The number of hydrogen-bond acceptors (Lipinski definition) is 3. The van der Waals surface area contributed by atoms with E-state index in [1.165, 1.54) is 11.8 Å². The highest BCUT2D eigenvalue weighted by Gasteiger charge is 2.00. The molecule has 0 amide bonds. The Morgan fingerprint density at radius 2 is 1.38 bits per heavy atom. The van der Waals surface area contributed by atoms with Crippen molar-refractivity contribution in [3.8, 4) is 0 Å². The number of hydrogen-bond donors (Lipinski definition) is 3. The Hall–Kier alpha value is -1.19. The SMILES string of the molecule is CC.CC.CC(=N)C(=N)N(C)C=N. The third-order valence-electron chi connectivity index (χ3n) is 0.902. The maximum Gasteiger partial charge on any atom is 0.146 e. The number of nitrogens with one attached hydrogen (secondary N) is 3. The lowest BCUT2D eigenvalue weighted by Crippen LogP contribution is -2.28. The highest BCUT2D eigenvalue weighted by Crippen LogP contribution is 1.80. The summed E-state index contributed by atoms with van der Waals surface area (Å²) in [7, 11) is 1.56. The van der Waals surface area contributed by atoms with Gasteiger partial charge in [-0.25, -0.2) is 0 Å². The molecule has 0 aromatic carbocycles. The lowest BCUT2D eigenvalue weighted by Gasteiger charge is -2.10. The van der Waals surface area contributed by atoms with Gasteiger partial charge in [0.15, 0.2) is 0 Å². The second-order valence-corrected chi connectivity index (χ2v) is 1.71. The third kappa shape index (κ3) is 10.8. The molecule has 0 unspecified atom stereocenters. The fourth-order valence-corrected chi connectivity index (χ4v) is 0.329. The molecule has 0 radical (unpaired) electrons. The molecule has 4 nitrogen and oxygen atoms in total. The van der Waals surface area contributed by atoms with Gasteiger partial charge < -0.3 is 10.3 Å². The zero-order chi connectivity index (χ0) is 11.4. The van der Waals surface area contributed by atoms with Crippen molar-refractivity contribution < 1.29 is 0 Å². The summed E-state index contributed by atoms with van der Waals surface area (Å²) in [6.07, 6.45) is 1.00. The predicted molar refractivity (Wildman–Crippen MR) is 60.4 cm³/mol. The van der Waals surface area contributed by atoms with E-state index < -0.39 is 0 Å². The van der Waals surface area contributed by atoms with Crippen molar-refractivity contribution >= 4 is 17.9 Å². The minimum atomic E-state index is 0.0602. The van der Waals surface area contributed by atoms with Crippen LogP contribution in [0, 0.1) is 16.2 Å². The minimum absolute atomic E-state index is 0.0602. The first-order valence-electron chi connectivity index (χ1n) is 4.47. The largest absolute Gasteiger partial charge is 0.320 e. The topological polar surface area (TPSA) is 74.8 Å². The first-order chi connectivity index (χ1) is 6.09. The van der Waals surface area contributed by atoms with Crippen LogP contribution < -0.4 is 0 Å². The molecule has 0 fully saturated rings. The molecule has 4 heteroatoms. The first-order valence-corrected chi connectivity index (χ1v) is 4.47. The second kappa shape index (κ2) is 13.4. The maximum atomic E-state index is 7.10. The van der Waals surface area contributed by atoms with Gasteiger partial charge in [-0.2, -0.15) is 0 Å². The van der Waals surface area contributed by atoms with E-state index in [4.69, 9.17) is 16.2 Å². The van der Waals surface area contributed by atoms with Crippen LogP contribution in [0.15, 0.2) is 0 Å². The summed E-state index contributed by atoms with van der Waals surface area (Å²) in [6.45, 7) is 9.52. The van der Waals surface area contributed by atoms with Gasteiger partial charge in [-0.3, -0.25) is 10.8 Å². The molecule has 0 aromatic rings. The van der Waals surface area contributed by atoms with Crippen LogP contribution in [0.4, 0.5) is 0 Å². The molecule has 13 heavy (non-hydrogen) atoms.